The van der Waals surface area contributed by atoms with Gasteiger partial charge in [-0.2, -0.15) is 0 Å². The van der Waals surface area contributed by atoms with Crippen molar-refractivity contribution in [1.82, 2.24) is 5.32 Å². The van der Waals surface area contributed by atoms with E-state index in [4.69, 9.17) is 0 Å². The number of amides is 1. The van der Waals surface area contributed by atoms with Crippen LogP contribution in [-0.2, 0) is 11.2 Å². The normalized spacial score (nSPS) is 43.8. The third-order valence-corrected chi connectivity index (χ3v) is 11.9. The lowest BCUT2D eigenvalue weighted by Crippen LogP contribution is -2.62. The van der Waals surface area contributed by atoms with E-state index >= 15 is 0 Å². The Balaban J connectivity index is 1.21. The van der Waals surface area contributed by atoms with Crippen molar-refractivity contribution in [2.75, 3.05) is 6.54 Å². The smallest absolute Gasteiger partial charge is 0.220 e. The molecule has 5 nitrogen and oxygen atoms in total. The molecule has 0 aromatic heterocycles. The molecule has 4 fully saturated rings. The number of carbonyl (C=O) groups is 1. The second-order valence-electron chi connectivity index (χ2n) is 13.6. The number of carbonyl (C=O) groups excluding carboxylic acids is 1. The molecule has 0 saturated heterocycles. The van der Waals surface area contributed by atoms with Gasteiger partial charge in [-0.1, -0.05) is 51.1 Å². The first kappa shape index (κ1) is 27.1. The Morgan fingerprint density at radius 2 is 1.78 bits per heavy atom. The molecule has 11 atom stereocenters. The average molecular weight is 512 g/mol. The summed E-state index contributed by atoms with van der Waals surface area (Å²) >= 11 is 0. The Morgan fingerprint density at radius 3 is 2.54 bits per heavy atom. The minimum atomic E-state index is -0.372. The van der Waals surface area contributed by atoms with E-state index in [1.165, 1.54) is 5.56 Å². The van der Waals surface area contributed by atoms with Gasteiger partial charge in [-0.05, 0) is 110 Å². The monoisotopic (exact) mass is 511 g/mol. The van der Waals surface area contributed by atoms with Gasteiger partial charge in [-0.3, -0.25) is 4.79 Å². The first-order valence-corrected chi connectivity index (χ1v) is 15.0. The summed E-state index contributed by atoms with van der Waals surface area (Å²) < 4.78 is 0. The number of aliphatic hydroxyl groups is 3. The molecule has 5 rings (SSSR count). The van der Waals surface area contributed by atoms with Gasteiger partial charge < -0.3 is 20.6 Å². The summed E-state index contributed by atoms with van der Waals surface area (Å²) in [5, 5.41) is 36.6. The molecule has 1 aromatic rings. The largest absolute Gasteiger partial charge is 0.393 e. The summed E-state index contributed by atoms with van der Waals surface area (Å²) in [6, 6.07) is 10.2. The zero-order chi connectivity index (χ0) is 26.4. The highest BCUT2D eigenvalue weighted by atomic mass is 16.3. The Hall–Kier alpha value is -1.43. The van der Waals surface area contributed by atoms with E-state index in [2.05, 4.69) is 38.2 Å². The summed E-state index contributed by atoms with van der Waals surface area (Å²) in [4.78, 5) is 12.6. The minimum absolute atomic E-state index is 0.104. The van der Waals surface area contributed by atoms with Crippen LogP contribution in [0.3, 0.4) is 0 Å². The van der Waals surface area contributed by atoms with Gasteiger partial charge in [0.1, 0.15) is 0 Å². The number of fused-ring (bicyclic) bond motifs is 5. The standard InChI is InChI=1S/C32H49NO4/c1-20(9-12-29(37)33-16-14-21-7-5-4-6-8-21)24-10-11-25-30-26(19-28(36)32(24,25)3)31(2)15-13-23(34)17-22(31)18-27(30)35/h4-8,20,22-28,30,34-36H,9-19H2,1-3H3,(H,33,37). The predicted octanol–water partition coefficient (Wildman–Crippen LogP) is 4.72. The van der Waals surface area contributed by atoms with E-state index in [-0.39, 0.29) is 41.0 Å². The zero-order valence-electron chi connectivity index (χ0n) is 23.1. The number of rotatable bonds is 7. The highest BCUT2D eigenvalue weighted by Gasteiger charge is 2.65. The fourth-order valence-corrected chi connectivity index (χ4v) is 9.77. The number of nitrogens with one attached hydrogen (secondary N) is 1. The van der Waals surface area contributed by atoms with Gasteiger partial charge in [0.15, 0.2) is 0 Å². The van der Waals surface area contributed by atoms with Crippen molar-refractivity contribution in [2.24, 2.45) is 46.3 Å². The lowest BCUT2D eigenvalue weighted by molar-refractivity contribution is -0.207. The van der Waals surface area contributed by atoms with Crippen LogP contribution in [0.25, 0.3) is 0 Å². The molecule has 1 amide bonds. The fraction of sp³-hybridized carbons (Fsp3) is 0.781. The Bertz CT molecular complexity index is 938. The van der Waals surface area contributed by atoms with Crippen LogP contribution in [-0.4, -0.2) is 46.1 Å². The maximum atomic E-state index is 12.6. The van der Waals surface area contributed by atoms with Gasteiger partial charge in [-0.15, -0.1) is 0 Å². The Labute approximate surface area is 223 Å². The second-order valence-corrected chi connectivity index (χ2v) is 13.6. The van der Waals surface area contributed by atoms with E-state index in [0.29, 0.717) is 42.6 Å². The predicted molar refractivity (Wildman–Crippen MR) is 146 cm³/mol. The maximum absolute atomic E-state index is 12.6. The van der Waals surface area contributed by atoms with Crippen molar-refractivity contribution in [3.05, 3.63) is 35.9 Å². The highest BCUT2D eigenvalue weighted by molar-refractivity contribution is 5.75. The van der Waals surface area contributed by atoms with Crippen molar-refractivity contribution in [2.45, 2.75) is 103 Å². The van der Waals surface area contributed by atoms with E-state index in [9.17, 15) is 20.1 Å². The molecule has 0 heterocycles. The first-order chi connectivity index (χ1) is 17.6. The average Bonchev–Trinajstić information content (AvgIpc) is 3.23. The van der Waals surface area contributed by atoms with Gasteiger partial charge in [-0.25, -0.2) is 0 Å². The number of aliphatic hydroxyl groups excluding tert-OH is 3. The molecule has 4 saturated carbocycles. The van der Waals surface area contributed by atoms with Crippen LogP contribution in [0.1, 0.15) is 84.1 Å². The Kier molecular flexibility index (Phi) is 7.79. The molecule has 0 radical (unpaired) electrons. The van der Waals surface area contributed by atoms with Crippen LogP contribution >= 0.6 is 0 Å². The molecule has 4 N–H and O–H groups in total. The van der Waals surface area contributed by atoms with E-state index in [0.717, 1.165) is 57.8 Å². The summed E-state index contributed by atoms with van der Waals surface area (Å²) in [6.45, 7) is 7.61. The van der Waals surface area contributed by atoms with Crippen LogP contribution in [0, 0.1) is 46.3 Å². The number of hydrogen-bond donors (Lipinski definition) is 4. The third kappa shape index (κ3) is 4.89. The van der Waals surface area contributed by atoms with Gasteiger partial charge in [0.25, 0.3) is 0 Å². The fourth-order valence-electron chi connectivity index (χ4n) is 9.77. The number of benzene rings is 1. The molecule has 5 heteroatoms. The molecule has 4 aliphatic rings. The van der Waals surface area contributed by atoms with Crippen molar-refractivity contribution < 1.29 is 20.1 Å². The summed E-state index contributed by atoms with van der Waals surface area (Å²) in [7, 11) is 0. The van der Waals surface area contributed by atoms with Crippen molar-refractivity contribution in [1.29, 1.82) is 0 Å². The van der Waals surface area contributed by atoms with Gasteiger partial charge in [0.2, 0.25) is 5.91 Å². The van der Waals surface area contributed by atoms with Crippen LogP contribution in [0.2, 0.25) is 0 Å². The van der Waals surface area contributed by atoms with Crippen LogP contribution in [0.15, 0.2) is 30.3 Å². The maximum Gasteiger partial charge on any atom is 0.220 e. The second kappa shape index (κ2) is 10.6. The topological polar surface area (TPSA) is 89.8 Å². The van der Waals surface area contributed by atoms with Gasteiger partial charge in [0, 0.05) is 13.0 Å². The van der Waals surface area contributed by atoms with E-state index in [1.54, 1.807) is 0 Å². The van der Waals surface area contributed by atoms with Gasteiger partial charge in [0.05, 0.1) is 18.3 Å². The third-order valence-electron chi connectivity index (χ3n) is 11.9. The lowest BCUT2D eigenvalue weighted by Gasteiger charge is -2.63. The van der Waals surface area contributed by atoms with Crippen LogP contribution < -0.4 is 5.32 Å². The highest BCUT2D eigenvalue weighted by Crippen LogP contribution is 2.68. The van der Waals surface area contributed by atoms with Crippen molar-refractivity contribution >= 4 is 5.91 Å². The van der Waals surface area contributed by atoms with Crippen LogP contribution in [0.4, 0.5) is 0 Å². The molecule has 4 aliphatic carbocycles. The SMILES string of the molecule is CC(CCC(=O)NCCc1ccccc1)C1CCC2C3C(O)CC4CC(O)CCC4(C)C3CC(O)C12C. The molecule has 206 valence electrons. The Morgan fingerprint density at radius 1 is 1.03 bits per heavy atom. The van der Waals surface area contributed by atoms with Crippen molar-refractivity contribution in [3.63, 3.8) is 0 Å². The molecule has 0 aliphatic heterocycles. The summed E-state index contributed by atoms with van der Waals surface area (Å²) in [5.74, 6) is 2.09. The van der Waals surface area contributed by atoms with Crippen LogP contribution in [0.5, 0.6) is 0 Å². The van der Waals surface area contributed by atoms with E-state index in [1.807, 2.05) is 18.2 Å². The minimum Gasteiger partial charge on any atom is -0.393 e. The molecule has 0 bridgehead atoms. The zero-order valence-corrected chi connectivity index (χ0v) is 23.1. The van der Waals surface area contributed by atoms with Gasteiger partial charge >= 0.3 is 0 Å². The lowest BCUT2D eigenvalue weighted by atomic mass is 9.43. The molecule has 1 aromatic carbocycles. The number of hydrogen-bond acceptors (Lipinski definition) is 4. The summed E-state index contributed by atoms with van der Waals surface area (Å²) in [6.07, 6.45) is 7.59. The molecule has 0 spiro atoms. The van der Waals surface area contributed by atoms with Crippen molar-refractivity contribution in [3.8, 4) is 0 Å². The molecular formula is C32H49NO4. The summed E-state index contributed by atoms with van der Waals surface area (Å²) in [5.41, 5.74) is 1.13. The molecular weight excluding hydrogens is 462 g/mol. The first-order valence-electron chi connectivity index (χ1n) is 15.0. The van der Waals surface area contributed by atoms with E-state index < -0.39 is 0 Å². The molecule has 37 heavy (non-hydrogen) atoms. The molecule has 11 unspecified atom stereocenters. The quantitative estimate of drug-likeness (QED) is 0.426.